The van der Waals surface area contributed by atoms with Crippen molar-refractivity contribution in [2.24, 2.45) is 5.92 Å². The highest BCUT2D eigenvalue weighted by atomic mass is 16.5. The first-order valence-electron chi connectivity index (χ1n) is 10.2. The zero-order chi connectivity index (χ0) is 20.2. The average molecular weight is 389 g/mol. The van der Waals surface area contributed by atoms with Crippen LogP contribution in [0.3, 0.4) is 0 Å². The van der Waals surface area contributed by atoms with Crippen LogP contribution in [-0.2, 0) is 24.5 Å². The fourth-order valence-electron chi connectivity index (χ4n) is 3.54. The largest absolute Gasteiger partial charge is 0.489 e. The summed E-state index contributed by atoms with van der Waals surface area (Å²) in [5.74, 6) is 2.27. The van der Waals surface area contributed by atoms with E-state index in [1.165, 1.54) is 0 Å². The fourth-order valence-corrected chi connectivity index (χ4v) is 3.54. The van der Waals surface area contributed by atoms with Crippen LogP contribution in [0.4, 0.5) is 0 Å². The quantitative estimate of drug-likeness (QED) is 0.407. The number of ether oxygens (including phenoxy) is 2. The summed E-state index contributed by atoms with van der Waals surface area (Å²) >= 11 is 0. The standard InChI is InChI=1S/C24H27N3O2/c1-4-28-16-23-26-22-13-25-21-11-10-19(29-15-18-8-6-5-7-9-18)12-20(21)24(22)27(23)14-17(2)3/h5-13,17H,4,14-16H2,1-3H3. The molecule has 0 aliphatic carbocycles. The minimum Gasteiger partial charge on any atom is -0.489 e. The molecule has 150 valence electrons. The summed E-state index contributed by atoms with van der Waals surface area (Å²) in [6.45, 7) is 9.03. The van der Waals surface area contributed by atoms with Gasteiger partial charge in [0, 0.05) is 18.5 Å². The maximum Gasteiger partial charge on any atom is 0.136 e. The van der Waals surface area contributed by atoms with Crippen LogP contribution < -0.4 is 4.74 Å². The fraction of sp³-hybridized carbons (Fsp3) is 0.333. The van der Waals surface area contributed by atoms with Crippen molar-refractivity contribution in [1.29, 1.82) is 0 Å². The van der Waals surface area contributed by atoms with Crippen LogP contribution in [0.5, 0.6) is 5.75 Å². The lowest BCUT2D eigenvalue weighted by Crippen LogP contribution is -2.10. The highest BCUT2D eigenvalue weighted by Gasteiger charge is 2.16. The molecule has 0 spiro atoms. The maximum absolute atomic E-state index is 6.06. The van der Waals surface area contributed by atoms with E-state index in [-0.39, 0.29) is 0 Å². The summed E-state index contributed by atoms with van der Waals surface area (Å²) in [4.78, 5) is 9.42. The molecule has 0 atom stereocenters. The summed E-state index contributed by atoms with van der Waals surface area (Å²) in [5, 5.41) is 1.06. The number of nitrogens with zero attached hydrogens (tertiary/aromatic N) is 3. The second-order valence-corrected chi connectivity index (χ2v) is 7.61. The van der Waals surface area contributed by atoms with E-state index in [0.29, 0.717) is 25.7 Å². The van der Waals surface area contributed by atoms with E-state index in [4.69, 9.17) is 14.5 Å². The van der Waals surface area contributed by atoms with Gasteiger partial charge in [0.2, 0.25) is 0 Å². The van der Waals surface area contributed by atoms with Crippen LogP contribution in [0.25, 0.3) is 21.9 Å². The molecule has 2 aromatic heterocycles. The molecule has 0 amide bonds. The number of hydrogen-bond acceptors (Lipinski definition) is 4. The van der Waals surface area contributed by atoms with Crippen molar-refractivity contribution < 1.29 is 9.47 Å². The van der Waals surface area contributed by atoms with Gasteiger partial charge >= 0.3 is 0 Å². The van der Waals surface area contributed by atoms with Crippen molar-refractivity contribution in [3.05, 3.63) is 66.1 Å². The van der Waals surface area contributed by atoms with E-state index in [0.717, 1.165) is 45.6 Å². The van der Waals surface area contributed by atoms with Crippen LogP contribution in [0.15, 0.2) is 54.7 Å². The maximum atomic E-state index is 6.06. The lowest BCUT2D eigenvalue weighted by molar-refractivity contribution is 0.125. The first-order valence-corrected chi connectivity index (χ1v) is 10.2. The molecule has 0 radical (unpaired) electrons. The number of fused-ring (bicyclic) bond motifs is 3. The van der Waals surface area contributed by atoms with Gasteiger partial charge in [0.05, 0.1) is 17.2 Å². The minimum atomic E-state index is 0.494. The Morgan fingerprint density at radius 2 is 1.83 bits per heavy atom. The summed E-state index contributed by atoms with van der Waals surface area (Å²) < 4.78 is 14.0. The smallest absolute Gasteiger partial charge is 0.136 e. The van der Waals surface area contributed by atoms with Gasteiger partial charge in [-0.2, -0.15) is 0 Å². The summed E-state index contributed by atoms with van der Waals surface area (Å²) in [6, 6.07) is 16.3. The molecular formula is C24H27N3O2. The zero-order valence-corrected chi connectivity index (χ0v) is 17.3. The number of pyridine rings is 1. The molecule has 5 nitrogen and oxygen atoms in total. The third-order valence-corrected chi connectivity index (χ3v) is 4.85. The number of hydrogen-bond donors (Lipinski definition) is 0. The van der Waals surface area contributed by atoms with E-state index >= 15 is 0 Å². The van der Waals surface area contributed by atoms with Gasteiger partial charge in [0.15, 0.2) is 0 Å². The monoisotopic (exact) mass is 389 g/mol. The molecule has 5 heteroatoms. The van der Waals surface area contributed by atoms with Crippen molar-refractivity contribution in [3.63, 3.8) is 0 Å². The molecular weight excluding hydrogens is 362 g/mol. The first kappa shape index (κ1) is 19.4. The van der Waals surface area contributed by atoms with Gasteiger partial charge in [0.25, 0.3) is 0 Å². The zero-order valence-electron chi connectivity index (χ0n) is 17.3. The van der Waals surface area contributed by atoms with Crippen LogP contribution in [0.2, 0.25) is 0 Å². The molecule has 0 aliphatic heterocycles. The molecule has 0 saturated carbocycles. The molecule has 0 aliphatic rings. The Morgan fingerprint density at radius 1 is 1.00 bits per heavy atom. The number of imidazole rings is 1. The molecule has 0 fully saturated rings. The third kappa shape index (κ3) is 4.25. The summed E-state index contributed by atoms with van der Waals surface area (Å²) in [7, 11) is 0. The predicted molar refractivity (Wildman–Crippen MR) is 116 cm³/mol. The second kappa shape index (κ2) is 8.62. The van der Waals surface area contributed by atoms with Gasteiger partial charge in [-0.1, -0.05) is 44.2 Å². The normalized spacial score (nSPS) is 11.6. The van der Waals surface area contributed by atoms with Gasteiger partial charge < -0.3 is 14.0 Å². The van der Waals surface area contributed by atoms with Gasteiger partial charge in [-0.25, -0.2) is 4.98 Å². The Morgan fingerprint density at radius 3 is 2.59 bits per heavy atom. The number of benzene rings is 2. The average Bonchev–Trinajstić information content (AvgIpc) is 3.08. The van der Waals surface area contributed by atoms with Crippen molar-refractivity contribution in [2.75, 3.05) is 6.61 Å². The molecule has 0 unspecified atom stereocenters. The Kier molecular flexibility index (Phi) is 5.76. The van der Waals surface area contributed by atoms with Crippen LogP contribution in [-0.4, -0.2) is 21.1 Å². The van der Waals surface area contributed by atoms with E-state index in [2.05, 4.69) is 41.6 Å². The number of rotatable bonds is 8. The molecule has 0 saturated heterocycles. The molecule has 0 bridgehead atoms. The Labute approximate surface area is 171 Å². The topological polar surface area (TPSA) is 49.2 Å². The van der Waals surface area contributed by atoms with Crippen LogP contribution >= 0.6 is 0 Å². The first-order chi connectivity index (χ1) is 14.2. The Hall–Kier alpha value is -2.92. The highest BCUT2D eigenvalue weighted by molar-refractivity contribution is 6.02. The van der Waals surface area contributed by atoms with Crippen molar-refractivity contribution in [3.8, 4) is 5.75 Å². The molecule has 4 aromatic rings. The van der Waals surface area contributed by atoms with Crippen LogP contribution in [0, 0.1) is 5.92 Å². The van der Waals surface area contributed by atoms with E-state index in [1.54, 1.807) is 0 Å². The minimum absolute atomic E-state index is 0.494. The van der Waals surface area contributed by atoms with Crippen molar-refractivity contribution >= 4 is 21.9 Å². The Balaban J connectivity index is 1.76. The molecule has 2 heterocycles. The predicted octanol–water partition coefficient (Wildman–Crippen LogP) is 5.36. The second-order valence-electron chi connectivity index (χ2n) is 7.61. The van der Waals surface area contributed by atoms with Crippen LogP contribution in [0.1, 0.15) is 32.2 Å². The third-order valence-electron chi connectivity index (χ3n) is 4.85. The Bertz CT molecular complexity index is 1100. The number of aromatic nitrogens is 3. The van der Waals surface area contributed by atoms with Gasteiger partial charge in [0.1, 0.15) is 30.3 Å². The highest BCUT2D eigenvalue weighted by Crippen LogP contribution is 2.29. The van der Waals surface area contributed by atoms with Crippen molar-refractivity contribution in [2.45, 2.75) is 40.5 Å². The van der Waals surface area contributed by atoms with E-state index in [1.807, 2.05) is 43.5 Å². The summed E-state index contributed by atoms with van der Waals surface area (Å²) in [6.07, 6.45) is 1.86. The van der Waals surface area contributed by atoms with E-state index in [9.17, 15) is 0 Å². The van der Waals surface area contributed by atoms with Gasteiger partial charge in [-0.3, -0.25) is 4.98 Å². The molecule has 0 N–H and O–H groups in total. The lowest BCUT2D eigenvalue weighted by atomic mass is 10.1. The molecule has 2 aromatic carbocycles. The molecule has 4 rings (SSSR count). The van der Waals surface area contributed by atoms with Gasteiger partial charge in [-0.15, -0.1) is 0 Å². The van der Waals surface area contributed by atoms with E-state index < -0.39 is 0 Å². The van der Waals surface area contributed by atoms with Crippen molar-refractivity contribution in [1.82, 2.24) is 14.5 Å². The van der Waals surface area contributed by atoms with Gasteiger partial charge in [-0.05, 0) is 36.6 Å². The SMILES string of the molecule is CCOCc1nc2cnc3ccc(OCc4ccccc4)cc3c2n1CC(C)C. The summed E-state index contributed by atoms with van der Waals surface area (Å²) in [5.41, 5.74) is 4.09. The molecule has 29 heavy (non-hydrogen) atoms. The lowest BCUT2D eigenvalue weighted by Gasteiger charge is -2.13.